The second kappa shape index (κ2) is 6.13. The monoisotopic (exact) mass is 377 g/mol. The van der Waals surface area contributed by atoms with Crippen LogP contribution in [0, 0.1) is 12.8 Å². The van der Waals surface area contributed by atoms with Crippen LogP contribution in [0.2, 0.25) is 0 Å². The highest BCUT2D eigenvalue weighted by Gasteiger charge is 2.30. The van der Waals surface area contributed by atoms with E-state index in [1.165, 1.54) is 12.8 Å². The second-order valence-electron chi connectivity index (χ2n) is 7.21. The summed E-state index contributed by atoms with van der Waals surface area (Å²) in [5.74, 6) is 0.495. The van der Waals surface area contributed by atoms with Crippen molar-refractivity contribution < 1.29 is 4.79 Å². The molecule has 3 heterocycles. The van der Waals surface area contributed by atoms with Gasteiger partial charge in [0.2, 0.25) is 0 Å². The standard InChI is InChI=1S/C20H19N5OS/c1-11-7-16(14-5-6-18-17(8-14)21-10-27-18)24-19-15(9-22-25(11)19)20(26)23-12(2)13-3-4-13/h5-10,12-13H,3-4H2,1-2H3,(H,23,26)/t12-/m0/s1. The molecule has 27 heavy (non-hydrogen) atoms. The molecule has 1 fully saturated rings. The van der Waals surface area contributed by atoms with Crippen molar-refractivity contribution in [3.8, 4) is 11.3 Å². The van der Waals surface area contributed by atoms with E-state index in [0.29, 0.717) is 17.1 Å². The molecule has 0 spiro atoms. The number of thiazole rings is 1. The first-order valence-electron chi connectivity index (χ1n) is 9.10. The number of amides is 1. The molecule has 1 atom stereocenters. The number of nitrogens with one attached hydrogen (secondary N) is 1. The largest absolute Gasteiger partial charge is 0.349 e. The Morgan fingerprint density at radius 2 is 2.19 bits per heavy atom. The number of hydrogen-bond donors (Lipinski definition) is 1. The van der Waals surface area contributed by atoms with Crippen molar-refractivity contribution in [1.29, 1.82) is 0 Å². The summed E-state index contributed by atoms with van der Waals surface area (Å²) in [6.45, 7) is 4.04. The van der Waals surface area contributed by atoms with E-state index in [0.717, 1.165) is 27.2 Å². The van der Waals surface area contributed by atoms with Crippen LogP contribution in [0.15, 0.2) is 36.0 Å². The van der Waals surface area contributed by atoms with Gasteiger partial charge in [-0.15, -0.1) is 11.3 Å². The number of benzene rings is 1. The lowest BCUT2D eigenvalue weighted by Crippen LogP contribution is -2.34. The third-order valence-corrected chi connectivity index (χ3v) is 6.02. The summed E-state index contributed by atoms with van der Waals surface area (Å²) in [4.78, 5) is 21.9. The molecule has 5 rings (SSSR count). The van der Waals surface area contributed by atoms with Crippen molar-refractivity contribution in [3.63, 3.8) is 0 Å². The average molecular weight is 377 g/mol. The van der Waals surface area contributed by atoms with E-state index in [1.54, 1.807) is 22.0 Å². The first-order valence-corrected chi connectivity index (χ1v) is 9.98. The second-order valence-corrected chi connectivity index (χ2v) is 8.10. The lowest BCUT2D eigenvalue weighted by atomic mass is 10.1. The molecule has 1 amide bonds. The van der Waals surface area contributed by atoms with Crippen molar-refractivity contribution in [3.05, 3.63) is 47.2 Å². The number of rotatable bonds is 4. The van der Waals surface area contributed by atoms with E-state index in [2.05, 4.69) is 28.4 Å². The zero-order valence-electron chi connectivity index (χ0n) is 15.1. The Hall–Kier alpha value is -2.80. The highest BCUT2D eigenvalue weighted by Crippen LogP contribution is 2.32. The molecule has 1 N–H and O–H groups in total. The molecule has 0 bridgehead atoms. The predicted octanol–water partition coefficient (Wildman–Crippen LogP) is 3.84. The molecule has 1 saturated carbocycles. The van der Waals surface area contributed by atoms with Gasteiger partial charge in [-0.05, 0) is 50.8 Å². The molecule has 1 aliphatic rings. The molecule has 6 nitrogen and oxygen atoms in total. The fourth-order valence-corrected chi connectivity index (χ4v) is 4.10. The molecule has 136 valence electrons. The summed E-state index contributed by atoms with van der Waals surface area (Å²) in [6.07, 6.45) is 3.99. The Morgan fingerprint density at radius 1 is 1.33 bits per heavy atom. The van der Waals surface area contributed by atoms with Gasteiger partial charge in [-0.25, -0.2) is 14.5 Å². The van der Waals surface area contributed by atoms with Crippen LogP contribution >= 0.6 is 11.3 Å². The van der Waals surface area contributed by atoms with E-state index >= 15 is 0 Å². The van der Waals surface area contributed by atoms with E-state index in [-0.39, 0.29) is 11.9 Å². The summed E-state index contributed by atoms with van der Waals surface area (Å²) >= 11 is 1.62. The number of hydrogen-bond acceptors (Lipinski definition) is 5. The maximum absolute atomic E-state index is 12.7. The third kappa shape index (κ3) is 2.88. The Balaban J connectivity index is 1.57. The number of carbonyl (C=O) groups excluding carboxylic acids is 1. The fraction of sp³-hybridized carbons (Fsp3) is 0.300. The highest BCUT2D eigenvalue weighted by atomic mass is 32.1. The van der Waals surface area contributed by atoms with Crippen LogP contribution in [0.1, 0.15) is 35.8 Å². The quantitative estimate of drug-likeness (QED) is 0.586. The summed E-state index contributed by atoms with van der Waals surface area (Å²) in [6, 6.07) is 8.32. The molecule has 1 aliphatic carbocycles. The van der Waals surface area contributed by atoms with Crippen molar-refractivity contribution in [2.45, 2.75) is 32.7 Å². The number of nitrogens with zero attached hydrogens (tertiary/aromatic N) is 4. The van der Waals surface area contributed by atoms with Crippen molar-refractivity contribution in [1.82, 2.24) is 24.9 Å². The maximum atomic E-state index is 12.7. The Kier molecular flexibility index (Phi) is 3.72. The Morgan fingerprint density at radius 3 is 3.00 bits per heavy atom. The number of aryl methyl sites for hydroxylation is 1. The van der Waals surface area contributed by atoms with Crippen molar-refractivity contribution in [2.75, 3.05) is 0 Å². The Bertz CT molecular complexity index is 1170. The molecule has 4 aromatic rings. The number of fused-ring (bicyclic) bond motifs is 2. The Labute approximate surface area is 160 Å². The topological polar surface area (TPSA) is 72.2 Å². The molecule has 7 heteroatoms. The van der Waals surface area contributed by atoms with Gasteiger partial charge in [-0.3, -0.25) is 4.79 Å². The first-order chi connectivity index (χ1) is 13.1. The fourth-order valence-electron chi connectivity index (χ4n) is 3.44. The van der Waals surface area contributed by atoms with Gasteiger partial charge >= 0.3 is 0 Å². The predicted molar refractivity (Wildman–Crippen MR) is 106 cm³/mol. The van der Waals surface area contributed by atoms with Gasteiger partial charge in [0.25, 0.3) is 5.91 Å². The van der Waals surface area contributed by atoms with E-state index in [1.807, 2.05) is 30.6 Å². The average Bonchev–Trinajstić information content (AvgIpc) is 3.25. The van der Waals surface area contributed by atoms with Gasteiger partial charge in [-0.1, -0.05) is 6.07 Å². The molecule has 0 aliphatic heterocycles. The minimum Gasteiger partial charge on any atom is -0.349 e. The third-order valence-electron chi connectivity index (χ3n) is 5.21. The van der Waals surface area contributed by atoms with Crippen LogP contribution in [0.25, 0.3) is 27.1 Å². The van der Waals surface area contributed by atoms with E-state index in [9.17, 15) is 4.79 Å². The highest BCUT2D eigenvalue weighted by molar-refractivity contribution is 7.16. The zero-order valence-corrected chi connectivity index (χ0v) is 16.0. The molecule has 0 radical (unpaired) electrons. The van der Waals surface area contributed by atoms with E-state index in [4.69, 9.17) is 4.98 Å². The van der Waals surface area contributed by atoms with Gasteiger partial charge in [0.05, 0.1) is 27.6 Å². The normalized spacial score (nSPS) is 15.3. The molecule has 0 unspecified atom stereocenters. The first kappa shape index (κ1) is 16.4. The molecule has 3 aromatic heterocycles. The smallest absolute Gasteiger partial charge is 0.256 e. The van der Waals surface area contributed by atoms with Crippen molar-refractivity contribution >= 4 is 33.1 Å². The SMILES string of the molecule is Cc1cc(-c2ccc3scnc3c2)nc2c(C(=O)N[C@@H](C)C3CC3)cnn12. The maximum Gasteiger partial charge on any atom is 0.256 e. The van der Waals surface area contributed by atoms with Crippen LogP contribution < -0.4 is 5.32 Å². The lowest BCUT2D eigenvalue weighted by molar-refractivity contribution is 0.0937. The van der Waals surface area contributed by atoms with Crippen LogP contribution in [-0.2, 0) is 0 Å². The van der Waals surface area contributed by atoms with Gasteiger partial charge in [-0.2, -0.15) is 5.10 Å². The van der Waals surface area contributed by atoms with Crippen LogP contribution in [0.5, 0.6) is 0 Å². The summed E-state index contributed by atoms with van der Waals surface area (Å²) in [7, 11) is 0. The minimum absolute atomic E-state index is 0.108. The van der Waals surface area contributed by atoms with Gasteiger partial charge < -0.3 is 5.32 Å². The molecular weight excluding hydrogens is 358 g/mol. The summed E-state index contributed by atoms with van der Waals surface area (Å²) in [5, 5.41) is 7.46. The lowest BCUT2D eigenvalue weighted by Gasteiger charge is -2.12. The van der Waals surface area contributed by atoms with Crippen LogP contribution in [0.4, 0.5) is 0 Å². The molecule has 0 saturated heterocycles. The number of aromatic nitrogens is 4. The van der Waals surface area contributed by atoms with Gasteiger partial charge in [0, 0.05) is 17.3 Å². The minimum atomic E-state index is -0.108. The van der Waals surface area contributed by atoms with Gasteiger partial charge in [0.1, 0.15) is 5.56 Å². The van der Waals surface area contributed by atoms with Crippen molar-refractivity contribution in [2.24, 2.45) is 5.92 Å². The van der Waals surface area contributed by atoms with Crippen LogP contribution in [0.3, 0.4) is 0 Å². The van der Waals surface area contributed by atoms with E-state index < -0.39 is 0 Å². The van der Waals surface area contributed by atoms with Gasteiger partial charge in [0.15, 0.2) is 5.65 Å². The summed E-state index contributed by atoms with van der Waals surface area (Å²) < 4.78 is 2.87. The number of carbonyl (C=O) groups is 1. The summed E-state index contributed by atoms with van der Waals surface area (Å²) in [5.41, 5.74) is 6.64. The molecular formula is C20H19N5OS. The zero-order chi connectivity index (χ0) is 18.5. The molecule has 1 aromatic carbocycles. The van der Waals surface area contributed by atoms with Crippen LogP contribution in [-0.4, -0.2) is 31.5 Å².